The van der Waals surface area contributed by atoms with E-state index >= 15 is 0 Å². The zero-order valence-electron chi connectivity index (χ0n) is 10.0. The summed E-state index contributed by atoms with van der Waals surface area (Å²) in [5.41, 5.74) is 7.31. The van der Waals surface area contributed by atoms with Gasteiger partial charge in [-0.2, -0.15) is 0 Å². The molecule has 4 nitrogen and oxygen atoms in total. The molecule has 6 heteroatoms. The summed E-state index contributed by atoms with van der Waals surface area (Å²) in [5.74, 6) is 0.582. The zero-order valence-corrected chi connectivity index (χ0v) is 11.6. The normalized spacial score (nSPS) is 14.8. The third kappa shape index (κ3) is 2.88. The van der Waals surface area contributed by atoms with Crippen molar-refractivity contribution >= 4 is 23.1 Å². The van der Waals surface area contributed by atoms with Crippen molar-refractivity contribution in [1.82, 2.24) is 10.2 Å². The Labute approximate surface area is 109 Å². The van der Waals surface area contributed by atoms with Crippen LogP contribution >= 0.6 is 23.1 Å². The summed E-state index contributed by atoms with van der Waals surface area (Å²) in [5, 5.41) is 10.7. The minimum absolute atomic E-state index is 0.0320. The van der Waals surface area contributed by atoms with Crippen molar-refractivity contribution in [2.24, 2.45) is 5.73 Å². The quantitative estimate of drug-likeness (QED) is 0.864. The third-order valence-corrected chi connectivity index (χ3v) is 4.91. The predicted molar refractivity (Wildman–Crippen MR) is 70.3 cm³/mol. The van der Waals surface area contributed by atoms with Gasteiger partial charge in [0.2, 0.25) is 5.89 Å². The molecule has 2 N–H and O–H groups in total. The van der Waals surface area contributed by atoms with E-state index in [4.69, 9.17) is 10.2 Å². The van der Waals surface area contributed by atoms with Gasteiger partial charge >= 0.3 is 0 Å². The molecule has 0 aliphatic heterocycles. The van der Waals surface area contributed by atoms with Crippen LogP contribution in [0, 0.1) is 13.8 Å². The van der Waals surface area contributed by atoms with Crippen molar-refractivity contribution in [3.63, 3.8) is 0 Å². The highest BCUT2D eigenvalue weighted by Crippen LogP contribution is 2.40. The summed E-state index contributed by atoms with van der Waals surface area (Å²) in [7, 11) is 0. The first kappa shape index (κ1) is 12.6. The minimum Gasteiger partial charge on any atom is -0.416 e. The molecule has 2 unspecified atom stereocenters. The van der Waals surface area contributed by atoms with Gasteiger partial charge in [-0.05, 0) is 30.9 Å². The topological polar surface area (TPSA) is 64.9 Å². The number of hydrogen-bond donors (Lipinski definition) is 1. The monoisotopic (exact) mass is 269 g/mol. The lowest BCUT2D eigenvalue weighted by Gasteiger charge is -2.17. The lowest BCUT2D eigenvalue weighted by Crippen LogP contribution is -2.22. The van der Waals surface area contributed by atoms with Crippen LogP contribution in [0.1, 0.15) is 28.5 Å². The number of hydrogen-bond acceptors (Lipinski definition) is 6. The first-order valence-electron chi connectivity index (χ1n) is 5.34. The van der Waals surface area contributed by atoms with Gasteiger partial charge in [-0.1, -0.05) is 11.8 Å². The van der Waals surface area contributed by atoms with E-state index in [2.05, 4.69) is 28.6 Å². The van der Waals surface area contributed by atoms with Crippen LogP contribution in [0.4, 0.5) is 0 Å². The maximum atomic E-state index is 6.05. The maximum absolute atomic E-state index is 6.05. The standard InChI is InChI=1S/C11H15N3OS2/c1-6-4-5-16-9(6)10(7(2)12)17-11-14-13-8(3)15-11/h4-5,7,10H,12H2,1-3H3. The van der Waals surface area contributed by atoms with Gasteiger partial charge in [0.1, 0.15) is 0 Å². The molecule has 2 heterocycles. The number of rotatable bonds is 4. The van der Waals surface area contributed by atoms with Crippen LogP contribution in [0.25, 0.3) is 0 Å². The Kier molecular flexibility index (Phi) is 3.86. The molecule has 0 aromatic carbocycles. The van der Waals surface area contributed by atoms with Crippen LogP contribution in [0.2, 0.25) is 0 Å². The molecule has 92 valence electrons. The Morgan fingerprint density at radius 3 is 2.65 bits per heavy atom. The molecule has 2 aromatic heterocycles. The summed E-state index contributed by atoms with van der Waals surface area (Å²) >= 11 is 3.26. The van der Waals surface area contributed by atoms with Gasteiger partial charge in [-0.3, -0.25) is 0 Å². The van der Waals surface area contributed by atoms with Gasteiger partial charge in [0.25, 0.3) is 5.22 Å². The van der Waals surface area contributed by atoms with E-state index in [1.165, 1.54) is 22.2 Å². The van der Waals surface area contributed by atoms with Gasteiger partial charge in [0, 0.05) is 17.8 Å². The molecule has 2 aromatic rings. The molecule has 17 heavy (non-hydrogen) atoms. The van der Waals surface area contributed by atoms with Crippen molar-refractivity contribution in [2.75, 3.05) is 0 Å². The van der Waals surface area contributed by atoms with Crippen LogP contribution in [0.3, 0.4) is 0 Å². The molecular weight excluding hydrogens is 254 g/mol. The number of nitrogens with zero attached hydrogens (tertiary/aromatic N) is 2. The Bertz CT molecular complexity index is 492. The van der Waals surface area contributed by atoms with Gasteiger partial charge in [0.05, 0.1) is 5.25 Å². The fourth-order valence-electron chi connectivity index (χ4n) is 1.51. The fourth-order valence-corrected chi connectivity index (χ4v) is 3.82. The van der Waals surface area contributed by atoms with E-state index in [0.29, 0.717) is 11.1 Å². The first-order chi connectivity index (χ1) is 8.08. The van der Waals surface area contributed by atoms with E-state index in [1.54, 1.807) is 18.3 Å². The second-order valence-electron chi connectivity index (χ2n) is 3.95. The highest BCUT2D eigenvalue weighted by atomic mass is 32.2. The van der Waals surface area contributed by atoms with Crippen LogP contribution in [0.15, 0.2) is 21.1 Å². The van der Waals surface area contributed by atoms with Gasteiger partial charge in [-0.25, -0.2) is 0 Å². The molecule has 0 saturated carbocycles. The molecule has 0 aliphatic carbocycles. The lowest BCUT2D eigenvalue weighted by molar-refractivity contribution is 0.428. The zero-order chi connectivity index (χ0) is 12.4. The molecule has 0 bridgehead atoms. The third-order valence-electron chi connectivity index (χ3n) is 2.37. The summed E-state index contributed by atoms with van der Waals surface area (Å²) < 4.78 is 5.39. The first-order valence-corrected chi connectivity index (χ1v) is 7.10. The molecule has 0 aliphatic rings. The van der Waals surface area contributed by atoms with Crippen molar-refractivity contribution in [3.8, 4) is 0 Å². The van der Waals surface area contributed by atoms with E-state index < -0.39 is 0 Å². The molecule has 0 spiro atoms. The van der Waals surface area contributed by atoms with Crippen molar-refractivity contribution in [3.05, 3.63) is 27.8 Å². The largest absolute Gasteiger partial charge is 0.416 e. The van der Waals surface area contributed by atoms with E-state index in [0.717, 1.165) is 0 Å². The number of aromatic nitrogens is 2. The molecule has 0 amide bonds. The second kappa shape index (κ2) is 5.20. The number of nitrogens with two attached hydrogens (primary N) is 1. The second-order valence-corrected chi connectivity index (χ2v) is 5.99. The average molecular weight is 269 g/mol. The molecule has 2 rings (SSSR count). The van der Waals surface area contributed by atoms with Crippen molar-refractivity contribution in [1.29, 1.82) is 0 Å². The minimum atomic E-state index is 0.0320. The predicted octanol–water partition coefficient (Wildman–Crippen LogP) is 2.93. The summed E-state index contributed by atoms with van der Waals surface area (Å²) in [6.07, 6.45) is 0. The Morgan fingerprint density at radius 1 is 1.41 bits per heavy atom. The van der Waals surface area contributed by atoms with E-state index in [1.807, 2.05) is 6.92 Å². The fraction of sp³-hybridized carbons (Fsp3) is 0.455. The Hall–Kier alpha value is -0.850. The highest BCUT2D eigenvalue weighted by Gasteiger charge is 2.23. The number of thiophene rings is 1. The molecule has 0 saturated heterocycles. The van der Waals surface area contributed by atoms with Gasteiger partial charge in [-0.15, -0.1) is 21.5 Å². The van der Waals surface area contributed by atoms with E-state index in [-0.39, 0.29) is 11.3 Å². The van der Waals surface area contributed by atoms with Crippen LogP contribution in [-0.2, 0) is 0 Å². The Morgan fingerprint density at radius 2 is 2.18 bits per heavy atom. The van der Waals surface area contributed by atoms with Crippen LogP contribution in [-0.4, -0.2) is 16.2 Å². The summed E-state index contributed by atoms with van der Waals surface area (Å²) in [4.78, 5) is 1.28. The van der Waals surface area contributed by atoms with Crippen molar-refractivity contribution in [2.45, 2.75) is 37.3 Å². The molecule has 2 atom stereocenters. The maximum Gasteiger partial charge on any atom is 0.277 e. The molecule has 0 radical (unpaired) electrons. The van der Waals surface area contributed by atoms with Crippen molar-refractivity contribution < 1.29 is 4.42 Å². The Balaban J connectivity index is 2.22. The summed E-state index contributed by atoms with van der Waals surface area (Å²) in [6.45, 7) is 5.88. The van der Waals surface area contributed by atoms with Gasteiger partial charge in [0.15, 0.2) is 0 Å². The molecule has 0 fully saturated rings. The smallest absolute Gasteiger partial charge is 0.277 e. The number of aryl methyl sites for hydroxylation is 2. The van der Waals surface area contributed by atoms with Crippen LogP contribution in [0.5, 0.6) is 0 Å². The number of thioether (sulfide) groups is 1. The average Bonchev–Trinajstić information content (AvgIpc) is 2.84. The SMILES string of the molecule is Cc1nnc(SC(c2sccc2C)C(C)N)o1. The highest BCUT2D eigenvalue weighted by molar-refractivity contribution is 7.99. The van der Waals surface area contributed by atoms with E-state index in [9.17, 15) is 0 Å². The van der Waals surface area contributed by atoms with Crippen LogP contribution < -0.4 is 5.73 Å². The molecular formula is C11H15N3OS2. The lowest BCUT2D eigenvalue weighted by atomic mass is 10.1. The summed E-state index contributed by atoms with van der Waals surface area (Å²) in [6, 6.07) is 2.14. The van der Waals surface area contributed by atoms with Gasteiger partial charge < -0.3 is 10.2 Å².